The molecule has 0 aromatic heterocycles. The minimum absolute atomic E-state index is 0.425. The van der Waals surface area contributed by atoms with Crippen LogP contribution in [0.1, 0.15) is 38.2 Å². The molecule has 17 heavy (non-hydrogen) atoms. The largest absolute Gasteiger partial charge is 0.398 e. The van der Waals surface area contributed by atoms with E-state index in [1.165, 1.54) is 25.7 Å². The molecule has 0 heterocycles. The molecule has 0 spiro atoms. The van der Waals surface area contributed by atoms with Gasteiger partial charge in [0.05, 0.1) is 12.7 Å². The van der Waals surface area contributed by atoms with Gasteiger partial charge in [-0.3, -0.25) is 0 Å². The molecule has 1 aliphatic carbocycles. The minimum atomic E-state index is 0.425. The third-order valence-corrected chi connectivity index (χ3v) is 4.28. The molecule has 2 rings (SSSR count). The summed E-state index contributed by atoms with van der Waals surface area (Å²) in [5.41, 5.74) is 7.79. The number of hydrogen-bond acceptors (Lipinski definition) is 2. The fourth-order valence-electron chi connectivity index (χ4n) is 2.42. The van der Waals surface area contributed by atoms with Gasteiger partial charge in [-0.1, -0.05) is 25.8 Å². The van der Waals surface area contributed by atoms with E-state index in [2.05, 4.69) is 28.9 Å². The van der Waals surface area contributed by atoms with Crippen molar-refractivity contribution in [1.82, 2.24) is 0 Å². The maximum Gasteiger partial charge on any atom is 0.0721 e. The number of hydrogen-bond donors (Lipinski definition) is 1. The van der Waals surface area contributed by atoms with Gasteiger partial charge in [-0.05, 0) is 52.4 Å². The molecule has 3 heteroatoms. The normalized spacial score (nSPS) is 24.8. The SMILES string of the molecule is CC1CCCCC1OCc1ccc(Br)c(N)c1. The van der Waals surface area contributed by atoms with Crippen molar-refractivity contribution >= 4 is 21.6 Å². The van der Waals surface area contributed by atoms with E-state index in [0.29, 0.717) is 18.6 Å². The van der Waals surface area contributed by atoms with Crippen molar-refractivity contribution in [3.05, 3.63) is 28.2 Å². The summed E-state index contributed by atoms with van der Waals surface area (Å²) in [7, 11) is 0. The van der Waals surface area contributed by atoms with E-state index in [9.17, 15) is 0 Å². The van der Waals surface area contributed by atoms with Crippen LogP contribution in [0.25, 0.3) is 0 Å². The third-order valence-electron chi connectivity index (χ3n) is 3.56. The van der Waals surface area contributed by atoms with Gasteiger partial charge in [0.15, 0.2) is 0 Å². The number of ether oxygens (including phenoxy) is 1. The lowest BCUT2D eigenvalue weighted by Crippen LogP contribution is -2.25. The minimum Gasteiger partial charge on any atom is -0.398 e. The van der Waals surface area contributed by atoms with E-state index < -0.39 is 0 Å². The Balaban J connectivity index is 1.90. The van der Waals surface area contributed by atoms with Gasteiger partial charge in [0, 0.05) is 10.2 Å². The van der Waals surface area contributed by atoms with Gasteiger partial charge >= 0.3 is 0 Å². The summed E-state index contributed by atoms with van der Waals surface area (Å²) >= 11 is 3.40. The van der Waals surface area contributed by atoms with Crippen LogP contribution in [0, 0.1) is 5.92 Å². The standard InChI is InChI=1S/C14H20BrNO/c1-10-4-2-3-5-14(10)17-9-11-6-7-12(15)13(16)8-11/h6-8,10,14H,2-5,9,16H2,1H3. The highest BCUT2D eigenvalue weighted by atomic mass is 79.9. The lowest BCUT2D eigenvalue weighted by molar-refractivity contribution is -0.0154. The number of rotatable bonds is 3. The van der Waals surface area contributed by atoms with Crippen LogP contribution < -0.4 is 5.73 Å². The number of nitrogen functional groups attached to an aromatic ring is 1. The molecule has 0 saturated heterocycles. The highest BCUT2D eigenvalue weighted by molar-refractivity contribution is 9.10. The summed E-state index contributed by atoms with van der Waals surface area (Å²) in [5.74, 6) is 0.691. The molecule has 94 valence electrons. The molecule has 2 unspecified atom stereocenters. The number of nitrogens with two attached hydrogens (primary N) is 1. The first-order chi connectivity index (χ1) is 8.16. The topological polar surface area (TPSA) is 35.2 Å². The van der Waals surface area contributed by atoms with Crippen LogP contribution in [0.15, 0.2) is 22.7 Å². The molecular formula is C14H20BrNO. The first-order valence-corrected chi connectivity index (χ1v) is 7.11. The Hall–Kier alpha value is -0.540. The van der Waals surface area contributed by atoms with E-state index in [-0.39, 0.29) is 0 Å². The predicted molar refractivity (Wildman–Crippen MR) is 74.8 cm³/mol. The molecule has 2 N–H and O–H groups in total. The van der Waals surface area contributed by atoms with E-state index in [4.69, 9.17) is 10.5 Å². The van der Waals surface area contributed by atoms with Gasteiger partial charge in [0.25, 0.3) is 0 Å². The predicted octanol–water partition coefficient (Wildman–Crippen LogP) is 4.13. The molecule has 0 aliphatic heterocycles. The summed E-state index contributed by atoms with van der Waals surface area (Å²) < 4.78 is 6.96. The van der Waals surface area contributed by atoms with E-state index in [1.54, 1.807) is 0 Å². The fraction of sp³-hybridized carbons (Fsp3) is 0.571. The Bertz CT molecular complexity index is 380. The molecule has 2 atom stereocenters. The Morgan fingerprint density at radius 2 is 2.12 bits per heavy atom. The van der Waals surface area contributed by atoms with Crippen molar-refractivity contribution in [2.45, 2.75) is 45.3 Å². The lowest BCUT2D eigenvalue weighted by atomic mass is 9.88. The molecule has 2 nitrogen and oxygen atoms in total. The second-order valence-corrected chi connectivity index (χ2v) is 5.82. The fourth-order valence-corrected chi connectivity index (χ4v) is 2.66. The van der Waals surface area contributed by atoms with Gasteiger partial charge in [0.1, 0.15) is 0 Å². The number of anilines is 1. The Kier molecular flexibility index (Phi) is 4.46. The first kappa shape index (κ1) is 12.9. The van der Waals surface area contributed by atoms with Crippen LogP contribution in [0.2, 0.25) is 0 Å². The zero-order chi connectivity index (χ0) is 12.3. The van der Waals surface area contributed by atoms with E-state index in [1.807, 2.05) is 12.1 Å². The van der Waals surface area contributed by atoms with Gasteiger partial charge in [-0.2, -0.15) is 0 Å². The summed E-state index contributed by atoms with van der Waals surface area (Å²) in [6.45, 7) is 2.96. The molecule has 1 saturated carbocycles. The summed E-state index contributed by atoms with van der Waals surface area (Å²) in [6, 6.07) is 6.03. The van der Waals surface area contributed by atoms with Crippen LogP contribution >= 0.6 is 15.9 Å². The summed E-state index contributed by atoms with van der Waals surface area (Å²) in [6.07, 6.45) is 5.58. The van der Waals surface area contributed by atoms with Gasteiger partial charge in [0.2, 0.25) is 0 Å². The van der Waals surface area contributed by atoms with Crippen LogP contribution in [0.3, 0.4) is 0 Å². The molecule has 1 fully saturated rings. The molecule has 1 aromatic carbocycles. The molecule has 0 bridgehead atoms. The van der Waals surface area contributed by atoms with E-state index in [0.717, 1.165) is 15.7 Å². The average Bonchev–Trinajstić information content (AvgIpc) is 2.32. The van der Waals surface area contributed by atoms with Crippen molar-refractivity contribution in [3.63, 3.8) is 0 Å². The van der Waals surface area contributed by atoms with Gasteiger partial charge in [-0.25, -0.2) is 0 Å². The zero-order valence-corrected chi connectivity index (χ0v) is 11.9. The average molecular weight is 298 g/mol. The summed E-state index contributed by atoms with van der Waals surface area (Å²) in [4.78, 5) is 0. The zero-order valence-electron chi connectivity index (χ0n) is 10.3. The molecule has 0 radical (unpaired) electrons. The Labute approximate surface area is 112 Å². The van der Waals surface area contributed by atoms with Crippen LogP contribution in [0.4, 0.5) is 5.69 Å². The van der Waals surface area contributed by atoms with Crippen LogP contribution in [0.5, 0.6) is 0 Å². The van der Waals surface area contributed by atoms with Gasteiger partial charge < -0.3 is 10.5 Å². The molecule has 1 aromatic rings. The lowest BCUT2D eigenvalue weighted by Gasteiger charge is -2.28. The second-order valence-electron chi connectivity index (χ2n) is 4.97. The summed E-state index contributed by atoms with van der Waals surface area (Å²) in [5, 5.41) is 0. The van der Waals surface area contributed by atoms with Crippen molar-refractivity contribution in [3.8, 4) is 0 Å². The highest BCUT2D eigenvalue weighted by Crippen LogP contribution is 2.27. The Morgan fingerprint density at radius 3 is 2.82 bits per heavy atom. The second kappa shape index (κ2) is 5.87. The number of benzene rings is 1. The monoisotopic (exact) mass is 297 g/mol. The molecule has 0 amide bonds. The molecular weight excluding hydrogens is 278 g/mol. The van der Waals surface area contributed by atoms with Crippen molar-refractivity contribution in [1.29, 1.82) is 0 Å². The first-order valence-electron chi connectivity index (χ1n) is 6.32. The Morgan fingerprint density at radius 1 is 1.35 bits per heavy atom. The van der Waals surface area contributed by atoms with Crippen LogP contribution in [-0.4, -0.2) is 6.10 Å². The quantitative estimate of drug-likeness (QED) is 0.852. The number of halogens is 1. The maximum atomic E-state index is 6.01. The maximum absolute atomic E-state index is 6.01. The van der Waals surface area contributed by atoms with Crippen LogP contribution in [-0.2, 0) is 11.3 Å². The van der Waals surface area contributed by atoms with E-state index >= 15 is 0 Å². The third kappa shape index (κ3) is 3.46. The smallest absolute Gasteiger partial charge is 0.0721 e. The van der Waals surface area contributed by atoms with Gasteiger partial charge in [-0.15, -0.1) is 0 Å². The van der Waals surface area contributed by atoms with Crippen molar-refractivity contribution in [2.24, 2.45) is 5.92 Å². The van der Waals surface area contributed by atoms with Crippen molar-refractivity contribution < 1.29 is 4.74 Å². The molecule has 1 aliphatic rings. The van der Waals surface area contributed by atoms with Crippen molar-refractivity contribution in [2.75, 3.05) is 5.73 Å². The highest BCUT2D eigenvalue weighted by Gasteiger charge is 2.21.